The molecule has 1 aromatic heterocycles. The monoisotopic (exact) mass is 289 g/mol. The van der Waals surface area contributed by atoms with Gasteiger partial charge in [0.1, 0.15) is 0 Å². The second-order valence-corrected chi connectivity index (χ2v) is 4.92. The van der Waals surface area contributed by atoms with Gasteiger partial charge in [-0.25, -0.2) is 0 Å². The highest BCUT2D eigenvalue weighted by Crippen LogP contribution is 2.20. The Kier molecular flexibility index (Phi) is 4.21. The zero-order chi connectivity index (χ0) is 12.1. The van der Waals surface area contributed by atoms with Crippen LogP contribution in [0.3, 0.4) is 0 Å². The van der Waals surface area contributed by atoms with Crippen molar-refractivity contribution in [2.24, 2.45) is 0 Å². The largest absolute Gasteiger partial charge is 0.354 e. The zero-order valence-corrected chi connectivity index (χ0v) is 11.5. The maximum atomic E-state index is 3.55. The summed E-state index contributed by atoms with van der Waals surface area (Å²) in [4.78, 5) is 0. The predicted molar refractivity (Wildman–Crippen MR) is 77.0 cm³/mol. The van der Waals surface area contributed by atoms with Crippen molar-refractivity contribution in [1.82, 2.24) is 4.57 Å². The van der Waals surface area contributed by atoms with E-state index in [4.69, 9.17) is 0 Å². The van der Waals surface area contributed by atoms with Crippen LogP contribution in [0.5, 0.6) is 0 Å². The van der Waals surface area contributed by atoms with Crippen LogP contribution >= 0.6 is 15.9 Å². The molecule has 0 aliphatic heterocycles. The third kappa shape index (κ3) is 3.34. The summed E-state index contributed by atoms with van der Waals surface area (Å²) in [7, 11) is 0. The number of allylic oxidation sites excluding steroid dienone is 1. The molecule has 2 heteroatoms. The maximum absolute atomic E-state index is 3.55. The molecule has 0 N–H and O–H groups in total. The maximum Gasteiger partial charge on any atom is 0.0254 e. The molecule has 0 aliphatic carbocycles. The fourth-order valence-corrected chi connectivity index (χ4v) is 2.14. The van der Waals surface area contributed by atoms with Gasteiger partial charge in [0.15, 0.2) is 0 Å². The number of benzene rings is 1. The molecule has 0 aliphatic rings. The van der Waals surface area contributed by atoms with Crippen molar-refractivity contribution in [2.45, 2.75) is 19.9 Å². The van der Waals surface area contributed by atoms with E-state index in [9.17, 15) is 0 Å². The molecule has 88 valence electrons. The van der Waals surface area contributed by atoms with Crippen LogP contribution in [-0.4, -0.2) is 4.57 Å². The van der Waals surface area contributed by atoms with E-state index >= 15 is 0 Å². The lowest BCUT2D eigenvalue weighted by atomic mass is 10.1. The van der Waals surface area contributed by atoms with E-state index < -0.39 is 0 Å². The van der Waals surface area contributed by atoms with E-state index in [-0.39, 0.29) is 0 Å². The highest BCUT2D eigenvalue weighted by molar-refractivity contribution is 9.10. The minimum atomic E-state index is 1.04. The Balaban J connectivity index is 1.94. The summed E-state index contributed by atoms with van der Waals surface area (Å²) >= 11 is 3.55. The van der Waals surface area contributed by atoms with Crippen molar-refractivity contribution < 1.29 is 0 Å². The molecule has 1 aromatic carbocycles. The molecule has 0 radical (unpaired) electrons. The number of rotatable bonds is 4. The Morgan fingerprint density at radius 2 is 1.94 bits per heavy atom. The van der Waals surface area contributed by atoms with Crippen LogP contribution in [0.2, 0.25) is 0 Å². The highest BCUT2D eigenvalue weighted by atomic mass is 79.9. The lowest BCUT2D eigenvalue weighted by molar-refractivity contribution is 0.716. The summed E-state index contributed by atoms with van der Waals surface area (Å²) in [6.45, 7) is 3.17. The molecule has 0 saturated carbocycles. The smallest absolute Gasteiger partial charge is 0.0254 e. The molecule has 1 nitrogen and oxygen atoms in total. The summed E-state index contributed by atoms with van der Waals surface area (Å²) in [5.74, 6) is 0. The van der Waals surface area contributed by atoms with E-state index in [1.54, 1.807) is 0 Å². The topological polar surface area (TPSA) is 4.93 Å². The van der Waals surface area contributed by atoms with Gasteiger partial charge in [-0.05, 0) is 42.7 Å². The Morgan fingerprint density at radius 1 is 1.18 bits per heavy atom. The van der Waals surface area contributed by atoms with Gasteiger partial charge >= 0.3 is 0 Å². The van der Waals surface area contributed by atoms with Crippen LogP contribution in [-0.2, 0) is 6.54 Å². The average Bonchev–Trinajstić information content (AvgIpc) is 2.83. The lowest BCUT2D eigenvalue weighted by Gasteiger charge is -2.02. The average molecular weight is 290 g/mol. The first-order valence-electron chi connectivity index (χ1n) is 5.80. The van der Waals surface area contributed by atoms with E-state index in [0.717, 1.165) is 13.0 Å². The van der Waals surface area contributed by atoms with Crippen molar-refractivity contribution >= 4 is 22.0 Å². The quantitative estimate of drug-likeness (QED) is 0.771. The first-order chi connectivity index (χ1) is 8.27. The number of halogens is 1. The Morgan fingerprint density at radius 3 is 2.71 bits per heavy atom. The van der Waals surface area contributed by atoms with Crippen LogP contribution in [0, 0.1) is 6.92 Å². The van der Waals surface area contributed by atoms with Crippen LogP contribution in [0.25, 0.3) is 6.08 Å². The second-order valence-electron chi connectivity index (χ2n) is 4.07. The normalized spacial score (nSPS) is 11.2. The van der Waals surface area contributed by atoms with Crippen LogP contribution in [0.1, 0.15) is 17.5 Å². The van der Waals surface area contributed by atoms with Gasteiger partial charge < -0.3 is 4.57 Å². The summed E-state index contributed by atoms with van der Waals surface area (Å²) in [5, 5.41) is 0. The molecule has 0 fully saturated rings. The third-order valence-electron chi connectivity index (χ3n) is 2.83. The minimum absolute atomic E-state index is 1.04. The van der Waals surface area contributed by atoms with Gasteiger partial charge in [-0.2, -0.15) is 0 Å². The Hall–Kier alpha value is -1.28. The number of hydrogen-bond acceptors (Lipinski definition) is 0. The highest BCUT2D eigenvalue weighted by Gasteiger charge is 1.97. The molecule has 0 bridgehead atoms. The van der Waals surface area contributed by atoms with E-state index in [2.05, 4.69) is 82.3 Å². The molecule has 0 amide bonds. The number of hydrogen-bond donors (Lipinski definition) is 0. The van der Waals surface area contributed by atoms with Crippen molar-refractivity contribution in [1.29, 1.82) is 0 Å². The summed E-state index contributed by atoms with van der Waals surface area (Å²) in [6, 6.07) is 10.4. The van der Waals surface area contributed by atoms with Gasteiger partial charge in [-0.1, -0.05) is 40.2 Å². The summed E-state index contributed by atoms with van der Waals surface area (Å²) in [6.07, 6.45) is 9.68. The molecule has 2 rings (SSSR count). The van der Waals surface area contributed by atoms with Gasteiger partial charge in [0.2, 0.25) is 0 Å². The van der Waals surface area contributed by atoms with Crippen LogP contribution in [0.4, 0.5) is 0 Å². The predicted octanol–water partition coefficient (Wildman–Crippen LogP) is 4.66. The molecule has 0 unspecified atom stereocenters. The SMILES string of the molecule is Cc1c(Br)cccc1C=CCCn1cccc1. The van der Waals surface area contributed by atoms with Crippen LogP contribution < -0.4 is 0 Å². The van der Waals surface area contributed by atoms with E-state index in [0.29, 0.717) is 0 Å². The van der Waals surface area contributed by atoms with Gasteiger partial charge in [-0.15, -0.1) is 0 Å². The zero-order valence-electron chi connectivity index (χ0n) is 9.94. The molecule has 2 aromatic rings. The number of aromatic nitrogens is 1. The van der Waals surface area contributed by atoms with E-state index in [1.165, 1.54) is 15.6 Å². The van der Waals surface area contributed by atoms with Crippen molar-refractivity contribution in [2.75, 3.05) is 0 Å². The van der Waals surface area contributed by atoms with Crippen molar-refractivity contribution in [3.63, 3.8) is 0 Å². The molecule has 1 heterocycles. The lowest BCUT2D eigenvalue weighted by Crippen LogP contribution is -1.91. The number of aryl methyl sites for hydroxylation is 1. The fraction of sp³-hybridized carbons (Fsp3) is 0.200. The number of nitrogens with zero attached hydrogens (tertiary/aromatic N) is 1. The summed E-state index contributed by atoms with van der Waals surface area (Å²) in [5.41, 5.74) is 2.58. The molecule has 0 atom stereocenters. The minimum Gasteiger partial charge on any atom is -0.354 e. The van der Waals surface area contributed by atoms with Crippen molar-refractivity contribution in [3.8, 4) is 0 Å². The van der Waals surface area contributed by atoms with Crippen molar-refractivity contribution in [3.05, 3.63) is 64.4 Å². The standard InChI is InChI=1S/C15H16BrN/c1-13-14(8-6-9-15(13)16)7-2-3-10-17-11-4-5-12-17/h2,4-9,11-12H,3,10H2,1H3. The fourth-order valence-electron chi connectivity index (χ4n) is 1.76. The second kappa shape index (κ2) is 5.87. The van der Waals surface area contributed by atoms with E-state index in [1.807, 2.05) is 0 Å². The van der Waals surface area contributed by atoms with Crippen LogP contribution in [0.15, 0.2) is 53.3 Å². The Bertz CT molecular complexity index is 498. The first-order valence-corrected chi connectivity index (χ1v) is 6.59. The van der Waals surface area contributed by atoms with Gasteiger partial charge in [-0.3, -0.25) is 0 Å². The molecule has 0 saturated heterocycles. The van der Waals surface area contributed by atoms with Gasteiger partial charge in [0.05, 0.1) is 0 Å². The van der Waals surface area contributed by atoms with Gasteiger partial charge in [0.25, 0.3) is 0 Å². The van der Waals surface area contributed by atoms with Gasteiger partial charge in [0, 0.05) is 23.4 Å². The molecule has 0 spiro atoms. The molecular formula is C15H16BrN. The first kappa shape index (κ1) is 12.2. The summed E-state index contributed by atoms with van der Waals surface area (Å²) < 4.78 is 3.36. The third-order valence-corrected chi connectivity index (χ3v) is 3.69. The molecule has 17 heavy (non-hydrogen) atoms. The molecular weight excluding hydrogens is 274 g/mol. The Labute approximate surface area is 111 Å².